The lowest BCUT2D eigenvalue weighted by Crippen LogP contribution is -2.24. The third-order valence-electron chi connectivity index (χ3n) is 2.86. The molecule has 0 saturated carbocycles. The van der Waals surface area contributed by atoms with Crippen LogP contribution in [0.5, 0.6) is 0 Å². The van der Waals surface area contributed by atoms with Gasteiger partial charge in [-0.25, -0.2) is 4.39 Å². The Morgan fingerprint density at radius 2 is 2.00 bits per heavy atom. The van der Waals surface area contributed by atoms with E-state index in [0.29, 0.717) is 12.3 Å². The minimum Gasteiger partial charge on any atom is -0.467 e. The molecule has 96 valence electrons. The smallest absolute Gasteiger partial charge is 0.133 e. The van der Waals surface area contributed by atoms with Gasteiger partial charge in [0.05, 0.1) is 6.26 Å². The summed E-state index contributed by atoms with van der Waals surface area (Å²) in [5.41, 5.74) is 0.975. The van der Waals surface area contributed by atoms with Crippen molar-refractivity contribution in [3.63, 3.8) is 0 Å². The summed E-state index contributed by atoms with van der Waals surface area (Å²) in [4.78, 5) is 0. The van der Waals surface area contributed by atoms with Crippen LogP contribution in [0.4, 0.5) is 4.39 Å². The first-order valence-electron chi connectivity index (χ1n) is 5.87. The van der Waals surface area contributed by atoms with Crippen molar-refractivity contribution in [3.8, 4) is 0 Å². The van der Waals surface area contributed by atoms with Crippen LogP contribution in [-0.4, -0.2) is 11.7 Å². The Hall–Kier alpha value is -1.65. The summed E-state index contributed by atoms with van der Waals surface area (Å²) in [6.07, 6.45) is 0.852. The molecule has 2 aromatic rings. The summed E-state index contributed by atoms with van der Waals surface area (Å²) in [5, 5.41) is 13.0. The van der Waals surface area contributed by atoms with Crippen LogP contribution in [0.1, 0.15) is 30.4 Å². The van der Waals surface area contributed by atoms with Crippen molar-refractivity contribution in [3.05, 3.63) is 59.8 Å². The van der Waals surface area contributed by atoms with Gasteiger partial charge in [-0.05, 0) is 36.8 Å². The molecule has 0 amide bonds. The molecule has 18 heavy (non-hydrogen) atoms. The van der Waals surface area contributed by atoms with Crippen molar-refractivity contribution in [2.75, 3.05) is 6.54 Å². The van der Waals surface area contributed by atoms with Gasteiger partial charge in [0.15, 0.2) is 0 Å². The highest BCUT2D eigenvalue weighted by molar-refractivity contribution is 5.19. The van der Waals surface area contributed by atoms with Gasteiger partial charge in [0, 0.05) is 12.6 Å². The van der Waals surface area contributed by atoms with Crippen molar-refractivity contribution in [2.45, 2.75) is 19.1 Å². The van der Waals surface area contributed by atoms with Crippen molar-refractivity contribution in [1.29, 1.82) is 0 Å². The maximum absolute atomic E-state index is 12.8. The first-order valence-corrected chi connectivity index (χ1v) is 5.87. The van der Waals surface area contributed by atoms with Gasteiger partial charge in [-0.15, -0.1) is 0 Å². The van der Waals surface area contributed by atoms with Crippen LogP contribution in [0.2, 0.25) is 0 Å². The molecular formula is C14H16FNO2. The molecule has 1 heterocycles. The Kier molecular flexibility index (Phi) is 4.12. The molecule has 3 nitrogen and oxygen atoms in total. The third kappa shape index (κ3) is 3.18. The van der Waals surface area contributed by atoms with Gasteiger partial charge in [0.1, 0.15) is 17.7 Å². The van der Waals surface area contributed by atoms with E-state index in [-0.39, 0.29) is 11.9 Å². The number of rotatable bonds is 5. The largest absolute Gasteiger partial charge is 0.467 e. The van der Waals surface area contributed by atoms with Gasteiger partial charge in [0.2, 0.25) is 0 Å². The predicted octanol–water partition coefficient (Wildman–Crippen LogP) is 2.80. The van der Waals surface area contributed by atoms with E-state index in [9.17, 15) is 9.50 Å². The fourth-order valence-corrected chi connectivity index (χ4v) is 1.74. The number of nitrogens with one attached hydrogen (secondary N) is 1. The zero-order valence-electron chi connectivity index (χ0n) is 10.1. The summed E-state index contributed by atoms with van der Waals surface area (Å²) in [5.74, 6) is 0.287. The van der Waals surface area contributed by atoms with Crippen LogP contribution in [0.15, 0.2) is 47.1 Å². The normalized spacial score (nSPS) is 14.4. The first-order chi connectivity index (χ1) is 8.66. The van der Waals surface area contributed by atoms with Crippen LogP contribution in [-0.2, 0) is 0 Å². The van der Waals surface area contributed by atoms with E-state index in [1.54, 1.807) is 24.3 Å². The monoisotopic (exact) mass is 249 g/mol. The SMILES string of the molecule is C[C@@H](NCC(O)c1ccco1)c1ccc(F)cc1. The molecule has 0 aliphatic carbocycles. The molecule has 1 unspecified atom stereocenters. The maximum Gasteiger partial charge on any atom is 0.133 e. The maximum atomic E-state index is 12.8. The zero-order chi connectivity index (χ0) is 13.0. The Balaban J connectivity index is 1.88. The molecule has 0 aliphatic rings. The third-order valence-corrected chi connectivity index (χ3v) is 2.86. The molecule has 0 bridgehead atoms. The highest BCUT2D eigenvalue weighted by atomic mass is 19.1. The quantitative estimate of drug-likeness (QED) is 0.856. The van der Waals surface area contributed by atoms with Gasteiger partial charge >= 0.3 is 0 Å². The minimum absolute atomic E-state index is 0.0372. The summed E-state index contributed by atoms with van der Waals surface area (Å²) >= 11 is 0. The number of aliphatic hydroxyl groups excluding tert-OH is 1. The lowest BCUT2D eigenvalue weighted by Gasteiger charge is -2.16. The van der Waals surface area contributed by atoms with Crippen LogP contribution < -0.4 is 5.32 Å². The van der Waals surface area contributed by atoms with Crippen LogP contribution in [0.25, 0.3) is 0 Å². The molecular weight excluding hydrogens is 233 g/mol. The van der Waals surface area contributed by atoms with Gasteiger partial charge in [0.25, 0.3) is 0 Å². The Morgan fingerprint density at radius 1 is 1.28 bits per heavy atom. The number of hydrogen-bond donors (Lipinski definition) is 2. The van der Waals surface area contributed by atoms with Crippen molar-refractivity contribution in [2.24, 2.45) is 0 Å². The molecule has 0 aliphatic heterocycles. The Labute approximate surface area is 105 Å². The second-order valence-electron chi connectivity index (χ2n) is 4.21. The molecule has 0 fully saturated rings. The first kappa shape index (κ1) is 12.8. The van der Waals surface area contributed by atoms with E-state index in [1.165, 1.54) is 18.4 Å². The molecule has 1 aromatic heterocycles. The van der Waals surface area contributed by atoms with E-state index in [1.807, 2.05) is 6.92 Å². The molecule has 0 spiro atoms. The number of benzene rings is 1. The summed E-state index contributed by atoms with van der Waals surface area (Å²) in [6.45, 7) is 2.34. The van der Waals surface area contributed by atoms with E-state index in [0.717, 1.165) is 5.56 Å². The van der Waals surface area contributed by atoms with E-state index in [2.05, 4.69) is 5.32 Å². The Morgan fingerprint density at radius 3 is 2.61 bits per heavy atom. The topological polar surface area (TPSA) is 45.4 Å². The molecule has 2 atom stereocenters. The van der Waals surface area contributed by atoms with E-state index in [4.69, 9.17) is 4.42 Å². The average Bonchev–Trinajstić information content (AvgIpc) is 2.90. The fourth-order valence-electron chi connectivity index (χ4n) is 1.74. The van der Waals surface area contributed by atoms with Gasteiger partial charge < -0.3 is 14.8 Å². The predicted molar refractivity (Wildman–Crippen MR) is 66.5 cm³/mol. The number of halogens is 1. The molecule has 0 saturated heterocycles. The number of furan rings is 1. The highest BCUT2D eigenvalue weighted by Gasteiger charge is 2.12. The van der Waals surface area contributed by atoms with E-state index >= 15 is 0 Å². The van der Waals surface area contributed by atoms with Crippen molar-refractivity contribution < 1.29 is 13.9 Å². The molecule has 0 radical (unpaired) electrons. The number of aliphatic hydroxyl groups is 1. The lowest BCUT2D eigenvalue weighted by molar-refractivity contribution is 0.144. The summed E-state index contributed by atoms with van der Waals surface area (Å²) in [7, 11) is 0. The highest BCUT2D eigenvalue weighted by Crippen LogP contribution is 2.16. The van der Waals surface area contributed by atoms with E-state index < -0.39 is 6.10 Å². The number of hydrogen-bond acceptors (Lipinski definition) is 3. The Bertz CT molecular complexity index is 467. The van der Waals surface area contributed by atoms with Crippen molar-refractivity contribution >= 4 is 0 Å². The fraction of sp³-hybridized carbons (Fsp3) is 0.286. The summed E-state index contributed by atoms with van der Waals surface area (Å²) < 4.78 is 17.9. The zero-order valence-corrected chi connectivity index (χ0v) is 10.1. The van der Waals surface area contributed by atoms with Gasteiger partial charge in [-0.3, -0.25) is 0 Å². The van der Waals surface area contributed by atoms with Gasteiger partial charge in [-0.1, -0.05) is 12.1 Å². The van der Waals surface area contributed by atoms with Crippen LogP contribution in [0.3, 0.4) is 0 Å². The van der Waals surface area contributed by atoms with Gasteiger partial charge in [-0.2, -0.15) is 0 Å². The molecule has 2 N–H and O–H groups in total. The second kappa shape index (κ2) is 5.80. The summed E-state index contributed by atoms with van der Waals surface area (Å²) in [6, 6.07) is 9.82. The molecule has 2 rings (SSSR count). The lowest BCUT2D eigenvalue weighted by atomic mass is 10.1. The standard InChI is InChI=1S/C14H16FNO2/c1-10(11-4-6-12(15)7-5-11)16-9-13(17)14-3-2-8-18-14/h2-8,10,13,16-17H,9H2,1H3/t10-,13?/m1/s1. The van der Waals surface area contributed by atoms with Crippen molar-refractivity contribution in [1.82, 2.24) is 5.32 Å². The van der Waals surface area contributed by atoms with Crippen LogP contribution in [0, 0.1) is 5.82 Å². The average molecular weight is 249 g/mol. The second-order valence-corrected chi connectivity index (χ2v) is 4.21. The molecule has 4 heteroatoms. The molecule has 1 aromatic carbocycles. The van der Waals surface area contributed by atoms with Crippen LogP contribution >= 0.6 is 0 Å². The minimum atomic E-state index is -0.678.